The Kier molecular flexibility index (Phi) is 4.51. The zero-order valence-corrected chi connectivity index (χ0v) is 15.7. The number of hydrogen-bond acceptors (Lipinski definition) is 3. The van der Waals surface area contributed by atoms with Crippen molar-refractivity contribution in [3.8, 4) is 0 Å². The van der Waals surface area contributed by atoms with Crippen LogP contribution in [0.25, 0.3) is 10.9 Å². The maximum Gasteiger partial charge on any atom is 0.130 e. The van der Waals surface area contributed by atoms with E-state index >= 15 is 0 Å². The molecule has 1 saturated heterocycles. The molecule has 0 spiro atoms. The van der Waals surface area contributed by atoms with Crippen molar-refractivity contribution in [2.75, 3.05) is 30.4 Å². The van der Waals surface area contributed by atoms with Crippen LogP contribution in [0.3, 0.4) is 0 Å². The van der Waals surface area contributed by atoms with E-state index in [2.05, 4.69) is 23.1 Å². The molecular formula is C21H21ClN4. The molecule has 0 radical (unpaired) electrons. The number of anilines is 2. The average molecular weight is 365 g/mol. The van der Waals surface area contributed by atoms with Gasteiger partial charge in [-0.2, -0.15) is 0 Å². The van der Waals surface area contributed by atoms with Gasteiger partial charge in [0.25, 0.3) is 0 Å². The monoisotopic (exact) mass is 364 g/mol. The second kappa shape index (κ2) is 6.96. The molecule has 0 N–H and O–H groups in total. The molecule has 1 aliphatic rings. The molecule has 4 rings (SSSR count). The van der Waals surface area contributed by atoms with Gasteiger partial charge >= 0.3 is 0 Å². The fraction of sp³-hybridized carbons (Fsp3) is 0.238. The number of pyridine rings is 1. The second-order valence-electron chi connectivity index (χ2n) is 6.67. The first-order valence-electron chi connectivity index (χ1n) is 8.79. The van der Waals surface area contributed by atoms with Crippen LogP contribution >= 0.6 is 11.6 Å². The van der Waals surface area contributed by atoms with Gasteiger partial charge in [0, 0.05) is 49.2 Å². The highest BCUT2D eigenvalue weighted by Gasteiger charge is 2.21. The van der Waals surface area contributed by atoms with Gasteiger partial charge in [0.15, 0.2) is 0 Å². The van der Waals surface area contributed by atoms with E-state index in [-0.39, 0.29) is 0 Å². The molecule has 132 valence electrons. The molecule has 1 aliphatic heterocycles. The molecule has 0 bridgehead atoms. The Morgan fingerprint density at radius 3 is 2.73 bits per heavy atom. The van der Waals surface area contributed by atoms with Gasteiger partial charge in [-0.05, 0) is 30.7 Å². The van der Waals surface area contributed by atoms with Gasteiger partial charge < -0.3 is 9.80 Å². The van der Waals surface area contributed by atoms with E-state index in [4.69, 9.17) is 21.6 Å². The van der Waals surface area contributed by atoms with Crippen LogP contribution < -0.4 is 9.80 Å². The Hall–Kier alpha value is -2.59. The third kappa shape index (κ3) is 3.25. The van der Waals surface area contributed by atoms with Gasteiger partial charge in [0.2, 0.25) is 0 Å². The molecule has 0 amide bonds. The molecule has 5 heteroatoms. The lowest BCUT2D eigenvalue weighted by Crippen LogP contribution is -2.23. The molecule has 3 aromatic rings. The highest BCUT2D eigenvalue weighted by molar-refractivity contribution is 6.31. The number of aliphatic imine (C=N–C) groups is 1. The quantitative estimate of drug-likeness (QED) is 0.633. The van der Waals surface area contributed by atoms with Gasteiger partial charge in [-0.1, -0.05) is 35.9 Å². The van der Waals surface area contributed by atoms with Crippen molar-refractivity contribution in [3.63, 3.8) is 0 Å². The topological polar surface area (TPSA) is 31.7 Å². The van der Waals surface area contributed by atoms with Crippen LogP contribution in [0, 0.1) is 0 Å². The molecule has 0 unspecified atom stereocenters. The number of nitrogens with zero attached hydrogens (tertiary/aromatic N) is 4. The highest BCUT2D eigenvalue weighted by Crippen LogP contribution is 2.32. The number of hydrogen-bond donors (Lipinski definition) is 0. The minimum atomic E-state index is 0.748. The van der Waals surface area contributed by atoms with Gasteiger partial charge in [-0.15, -0.1) is 0 Å². The summed E-state index contributed by atoms with van der Waals surface area (Å²) in [6, 6.07) is 18.2. The molecular weight excluding hydrogens is 344 g/mol. The Morgan fingerprint density at radius 1 is 1.08 bits per heavy atom. The van der Waals surface area contributed by atoms with E-state index in [0.717, 1.165) is 58.3 Å². The Labute approximate surface area is 158 Å². The maximum atomic E-state index is 6.18. The van der Waals surface area contributed by atoms with Crippen molar-refractivity contribution in [1.29, 1.82) is 0 Å². The molecule has 0 atom stereocenters. The molecule has 1 fully saturated rings. The van der Waals surface area contributed by atoms with Gasteiger partial charge in [0.05, 0.1) is 11.2 Å². The number of para-hydroxylation sites is 1. The summed E-state index contributed by atoms with van der Waals surface area (Å²) in [5, 5.41) is 1.82. The molecule has 2 aromatic carbocycles. The standard InChI is InChI=1S/C21H21ClN4/c1-25(2)21-14-19(17-9-3-4-10-18(17)23-21)24-20-11-6-12-26(20)16-8-5-7-15(22)13-16/h3-5,7-10,13-14H,6,11-12H2,1-2H3. The number of fused-ring (bicyclic) bond motifs is 1. The number of amidine groups is 1. The summed E-state index contributed by atoms with van der Waals surface area (Å²) in [5.41, 5.74) is 3.02. The lowest BCUT2D eigenvalue weighted by molar-refractivity contribution is 0.956. The lowest BCUT2D eigenvalue weighted by Gasteiger charge is -2.20. The van der Waals surface area contributed by atoms with Gasteiger partial charge in [0.1, 0.15) is 11.7 Å². The van der Waals surface area contributed by atoms with Crippen LogP contribution in [0.5, 0.6) is 0 Å². The molecule has 4 nitrogen and oxygen atoms in total. The first kappa shape index (κ1) is 16.9. The highest BCUT2D eigenvalue weighted by atomic mass is 35.5. The minimum absolute atomic E-state index is 0.748. The summed E-state index contributed by atoms with van der Waals surface area (Å²) in [6.45, 7) is 0.961. The molecule has 0 saturated carbocycles. The van der Waals surface area contributed by atoms with Crippen LogP contribution in [0.2, 0.25) is 5.02 Å². The van der Waals surface area contributed by atoms with Crippen molar-refractivity contribution in [1.82, 2.24) is 4.98 Å². The summed E-state index contributed by atoms with van der Waals surface area (Å²) in [6.07, 6.45) is 2.05. The zero-order chi connectivity index (χ0) is 18.1. The number of halogens is 1. The summed E-state index contributed by atoms with van der Waals surface area (Å²) in [5.74, 6) is 1.99. The second-order valence-corrected chi connectivity index (χ2v) is 7.11. The maximum absolute atomic E-state index is 6.18. The SMILES string of the molecule is CN(C)c1cc(N=C2CCCN2c2cccc(Cl)c2)c2ccccc2n1. The third-order valence-corrected chi connectivity index (χ3v) is 4.84. The number of benzene rings is 2. The van der Waals surface area contributed by atoms with Crippen molar-refractivity contribution < 1.29 is 0 Å². The van der Waals surface area contributed by atoms with E-state index in [1.807, 2.05) is 55.4 Å². The smallest absolute Gasteiger partial charge is 0.130 e. The van der Waals surface area contributed by atoms with Crippen LogP contribution in [-0.4, -0.2) is 31.5 Å². The fourth-order valence-electron chi connectivity index (χ4n) is 3.30. The predicted molar refractivity (Wildman–Crippen MR) is 111 cm³/mol. The summed E-state index contributed by atoms with van der Waals surface area (Å²) < 4.78 is 0. The first-order chi connectivity index (χ1) is 12.6. The van der Waals surface area contributed by atoms with Crippen LogP contribution in [0.1, 0.15) is 12.8 Å². The molecule has 0 aliphatic carbocycles. The average Bonchev–Trinajstić information content (AvgIpc) is 3.09. The van der Waals surface area contributed by atoms with Crippen LogP contribution in [0.4, 0.5) is 17.2 Å². The van der Waals surface area contributed by atoms with Crippen molar-refractivity contribution in [3.05, 3.63) is 59.6 Å². The van der Waals surface area contributed by atoms with E-state index < -0.39 is 0 Å². The first-order valence-corrected chi connectivity index (χ1v) is 9.17. The Balaban J connectivity index is 1.82. The molecule has 26 heavy (non-hydrogen) atoms. The summed E-state index contributed by atoms with van der Waals surface area (Å²) in [7, 11) is 4.00. The van der Waals surface area contributed by atoms with E-state index in [9.17, 15) is 0 Å². The summed E-state index contributed by atoms with van der Waals surface area (Å²) >= 11 is 6.18. The van der Waals surface area contributed by atoms with Crippen molar-refractivity contribution in [2.24, 2.45) is 4.99 Å². The van der Waals surface area contributed by atoms with E-state index in [0.29, 0.717) is 0 Å². The Morgan fingerprint density at radius 2 is 1.92 bits per heavy atom. The normalized spacial score (nSPS) is 15.8. The Bertz CT molecular complexity index is 981. The lowest BCUT2D eigenvalue weighted by atomic mass is 10.2. The van der Waals surface area contributed by atoms with Gasteiger partial charge in [-0.25, -0.2) is 9.98 Å². The van der Waals surface area contributed by atoms with Gasteiger partial charge in [-0.3, -0.25) is 0 Å². The van der Waals surface area contributed by atoms with Crippen molar-refractivity contribution in [2.45, 2.75) is 12.8 Å². The zero-order valence-electron chi connectivity index (χ0n) is 15.0. The molecule has 2 heterocycles. The third-order valence-electron chi connectivity index (χ3n) is 4.60. The summed E-state index contributed by atoms with van der Waals surface area (Å²) in [4.78, 5) is 14.0. The largest absolute Gasteiger partial charge is 0.363 e. The fourth-order valence-corrected chi connectivity index (χ4v) is 3.49. The number of aromatic nitrogens is 1. The van der Waals surface area contributed by atoms with E-state index in [1.165, 1.54) is 0 Å². The van der Waals surface area contributed by atoms with Crippen LogP contribution in [0.15, 0.2) is 59.6 Å². The number of rotatable bonds is 3. The van der Waals surface area contributed by atoms with Crippen molar-refractivity contribution >= 4 is 45.5 Å². The molecule has 1 aromatic heterocycles. The predicted octanol–water partition coefficient (Wildman–Crippen LogP) is 5.28. The van der Waals surface area contributed by atoms with E-state index in [1.54, 1.807) is 0 Å². The van der Waals surface area contributed by atoms with Crippen LogP contribution in [-0.2, 0) is 0 Å². The minimum Gasteiger partial charge on any atom is -0.363 e.